The third-order valence-corrected chi connectivity index (χ3v) is 5.27. The zero-order valence-corrected chi connectivity index (χ0v) is 18.5. The minimum absolute atomic E-state index is 0.00742. The van der Waals surface area contributed by atoms with Gasteiger partial charge >= 0.3 is 6.03 Å². The number of hydrazone groups is 1. The molecule has 1 aliphatic heterocycles. The molecule has 2 aromatic carbocycles. The Labute approximate surface area is 182 Å². The third kappa shape index (κ3) is 5.00. The Morgan fingerprint density at radius 2 is 1.87 bits per heavy atom. The van der Waals surface area contributed by atoms with Gasteiger partial charge in [-0.1, -0.05) is 59.6 Å². The molecule has 0 saturated carbocycles. The van der Waals surface area contributed by atoms with Gasteiger partial charge in [0.25, 0.3) is 5.91 Å². The van der Waals surface area contributed by atoms with E-state index in [1.165, 1.54) is 9.91 Å². The van der Waals surface area contributed by atoms with Gasteiger partial charge in [-0.15, -0.1) is 0 Å². The van der Waals surface area contributed by atoms with Crippen molar-refractivity contribution in [1.29, 1.82) is 0 Å². The van der Waals surface area contributed by atoms with Crippen molar-refractivity contribution >= 4 is 29.3 Å². The van der Waals surface area contributed by atoms with E-state index in [4.69, 9.17) is 11.6 Å². The highest BCUT2D eigenvalue weighted by atomic mass is 35.5. The second-order valence-electron chi connectivity index (χ2n) is 7.86. The van der Waals surface area contributed by atoms with Gasteiger partial charge in [0.05, 0.1) is 11.8 Å². The van der Waals surface area contributed by atoms with Crippen molar-refractivity contribution < 1.29 is 9.59 Å². The molecule has 0 aromatic heterocycles. The first-order valence-electron chi connectivity index (χ1n) is 9.99. The van der Waals surface area contributed by atoms with Gasteiger partial charge in [-0.25, -0.2) is 9.80 Å². The Morgan fingerprint density at radius 3 is 2.50 bits per heavy atom. The highest BCUT2D eigenvalue weighted by molar-refractivity contribution is 6.34. The van der Waals surface area contributed by atoms with Crippen LogP contribution in [-0.4, -0.2) is 47.2 Å². The highest BCUT2D eigenvalue weighted by Crippen LogP contribution is 2.34. The zero-order chi connectivity index (χ0) is 21.8. The predicted octanol–water partition coefficient (Wildman–Crippen LogP) is 4.38. The summed E-state index contributed by atoms with van der Waals surface area (Å²) in [5.74, 6) is -0.246. The lowest BCUT2D eigenvalue weighted by Gasteiger charge is -2.25. The van der Waals surface area contributed by atoms with Crippen LogP contribution >= 0.6 is 11.6 Å². The van der Waals surface area contributed by atoms with Crippen molar-refractivity contribution in [1.82, 2.24) is 15.2 Å². The van der Waals surface area contributed by atoms with E-state index in [0.717, 1.165) is 22.4 Å². The maximum Gasteiger partial charge on any atom is 0.317 e. The molecular formula is C23H27ClN4O2. The van der Waals surface area contributed by atoms with E-state index in [2.05, 4.69) is 10.4 Å². The number of urea groups is 1. The molecule has 0 unspecified atom stereocenters. The first-order valence-corrected chi connectivity index (χ1v) is 10.4. The number of carbonyl (C=O) groups is 2. The Morgan fingerprint density at radius 1 is 1.20 bits per heavy atom. The van der Waals surface area contributed by atoms with Crippen LogP contribution in [0.15, 0.2) is 53.6 Å². The van der Waals surface area contributed by atoms with Gasteiger partial charge in [0.1, 0.15) is 6.54 Å². The quantitative estimate of drug-likeness (QED) is 0.771. The van der Waals surface area contributed by atoms with Crippen LogP contribution in [0.2, 0.25) is 5.02 Å². The van der Waals surface area contributed by atoms with Gasteiger partial charge in [0.15, 0.2) is 0 Å². The molecule has 0 radical (unpaired) electrons. The van der Waals surface area contributed by atoms with Gasteiger partial charge in [-0.05, 0) is 32.4 Å². The number of halogens is 1. The first-order chi connectivity index (χ1) is 14.3. The number of nitrogens with one attached hydrogen (secondary N) is 1. The molecule has 1 N–H and O–H groups in total. The van der Waals surface area contributed by atoms with E-state index in [-0.39, 0.29) is 30.6 Å². The lowest BCUT2D eigenvalue weighted by atomic mass is 9.97. The molecule has 1 aliphatic rings. The molecule has 0 aliphatic carbocycles. The van der Waals surface area contributed by atoms with Crippen LogP contribution in [0.3, 0.4) is 0 Å². The molecule has 30 heavy (non-hydrogen) atoms. The van der Waals surface area contributed by atoms with Crippen LogP contribution < -0.4 is 5.32 Å². The summed E-state index contributed by atoms with van der Waals surface area (Å²) < 4.78 is 0. The molecule has 2 aromatic rings. The summed E-state index contributed by atoms with van der Waals surface area (Å²) in [5, 5.41) is 9.51. The topological polar surface area (TPSA) is 65.0 Å². The summed E-state index contributed by atoms with van der Waals surface area (Å²) in [4.78, 5) is 26.7. The number of nitrogens with zero attached hydrogens (tertiary/aromatic N) is 3. The lowest BCUT2D eigenvalue weighted by Crippen LogP contribution is -2.45. The fourth-order valence-corrected chi connectivity index (χ4v) is 3.60. The van der Waals surface area contributed by atoms with E-state index in [9.17, 15) is 9.59 Å². The minimum atomic E-state index is -0.292. The normalized spacial score (nSPS) is 15.9. The Bertz CT molecular complexity index is 956. The maximum atomic E-state index is 13.1. The highest BCUT2D eigenvalue weighted by Gasteiger charge is 2.34. The number of hydrogen-bond donors (Lipinski definition) is 1. The SMILES string of the molecule is Cc1ccc([C@@H]2CC(c3ccccc3Cl)=NN2C(=O)CN(C)C(=O)NC(C)C)cc1. The molecule has 7 heteroatoms. The van der Waals surface area contributed by atoms with Crippen molar-refractivity contribution in [2.45, 2.75) is 39.3 Å². The Hall–Kier alpha value is -2.86. The largest absolute Gasteiger partial charge is 0.336 e. The van der Waals surface area contributed by atoms with Crippen LogP contribution in [0.4, 0.5) is 4.79 Å². The zero-order valence-electron chi connectivity index (χ0n) is 17.7. The second kappa shape index (κ2) is 9.30. The molecule has 0 spiro atoms. The number of carbonyl (C=O) groups excluding carboxylic acids is 2. The van der Waals surface area contributed by atoms with Gasteiger partial charge in [0.2, 0.25) is 0 Å². The van der Waals surface area contributed by atoms with Gasteiger partial charge < -0.3 is 10.2 Å². The molecule has 3 rings (SSSR count). The molecule has 1 atom stereocenters. The summed E-state index contributed by atoms with van der Waals surface area (Å²) in [6.45, 7) is 5.71. The molecule has 1 heterocycles. The maximum absolute atomic E-state index is 13.1. The number of aryl methyl sites for hydroxylation is 1. The van der Waals surface area contributed by atoms with Crippen LogP contribution in [0.25, 0.3) is 0 Å². The van der Waals surface area contributed by atoms with Crippen molar-refractivity contribution in [3.8, 4) is 0 Å². The molecule has 158 valence electrons. The number of hydrogen-bond acceptors (Lipinski definition) is 3. The molecule has 6 nitrogen and oxygen atoms in total. The van der Waals surface area contributed by atoms with Crippen molar-refractivity contribution in [2.24, 2.45) is 5.10 Å². The fraction of sp³-hybridized carbons (Fsp3) is 0.348. The van der Waals surface area contributed by atoms with Gasteiger partial charge in [0, 0.05) is 30.1 Å². The third-order valence-electron chi connectivity index (χ3n) is 4.94. The van der Waals surface area contributed by atoms with Crippen molar-refractivity contribution in [3.05, 3.63) is 70.2 Å². The van der Waals surface area contributed by atoms with Crippen molar-refractivity contribution in [3.63, 3.8) is 0 Å². The Balaban J connectivity index is 1.87. The predicted molar refractivity (Wildman–Crippen MR) is 120 cm³/mol. The summed E-state index contributed by atoms with van der Waals surface area (Å²) in [6, 6.07) is 15.0. The van der Waals surface area contributed by atoms with E-state index < -0.39 is 0 Å². The van der Waals surface area contributed by atoms with Gasteiger partial charge in [-0.3, -0.25) is 4.79 Å². The molecular weight excluding hydrogens is 400 g/mol. The van der Waals surface area contributed by atoms with Crippen LogP contribution in [0.1, 0.15) is 43.0 Å². The van der Waals surface area contributed by atoms with E-state index in [0.29, 0.717) is 11.4 Å². The smallest absolute Gasteiger partial charge is 0.317 e. The molecule has 0 saturated heterocycles. The van der Waals surface area contributed by atoms with Crippen LogP contribution in [0, 0.1) is 6.92 Å². The fourth-order valence-electron chi connectivity index (χ4n) is 3.35. The lowest BCUT2D eigenvalue weighted by molar-refractivity contribution is -0.133. The number of likely N-dealkylation sites (N-methyl/N-ethyl adjacent to an activating group) is 1. The van der Waals surface area contributed by atoms with Gasteiger partial charge in [-0.2, -0.15) is 5.10 Å². The van der Waals surface area contributed by atoms with E-state index in [1.807, 2.05) is 69.3 Å². The average molecular weight is 427 g/mol. The minimum Gasteiger partial charge on any atom is -0.336 e. The monoisotopic (exact) mass is 426 g/mol. The number of rotatable bonds is 5. The van der Waals surface area contributed by atoms with Crippen LogP contribution in [0.5, 0.6) is 0 Å². The van der Waals surface area contributed by atoms with E-state index in [1.54, 1.807) is 7.05 Å². The average Bonchev–Trinajstić information content (AvgIpc) is 3.13. The molecule has 3 amide bonds. The van der Waals surface area contributed by atoms with Crippen LogP contribution in [-0.2, 0) is 4.79 Å². The summed E-state index contributed by atoms with van der Waals surface area (Å²) >= 11 is 6.37. The van der Waals surface area contributed by atoms with E-state index >= 15 is 0 Å². The molecule has 0 fully saturated rings. The standard InChI is InChI=1S/C23H27ClN4O2/c1-15(2)25-23(30)27(4)14-22(29)28-21(17-11-9-16(3)10-12-17)13-20(26-28)18-7-5-6-8-19(18)24/h5-12,15,21H,13-14H2,1-4H3,(H,25,30)/t21-/m0/s1. The Kier molecular flexibility index (Phi) is 6.77. The summed E-state index contributed by atoms with van der Waals surface area (Å²) in [7, 11) is 1.60. The number of benzene rings is 2. The summed E-state index contributed by atoms with van der Waals surface area (Å²) in [6.07, 6.45) is 0.556. The molecule has 0 bridgehead atoms. The summed E-state index contributed by atoms with van der Waals surface area (Å²) in [5.41, 5.74) is 3.72. The van der Waals surface area contributed by atoms with Crippen molar-refractivity contribution in [2.75, 3.05) is 13.6 Å². The second-order valence-corrected chi connectivity index (χ2v) is 8.26. The first kappa shape index (κ1) is 21.8. The number of amides is 3.